The Balaban J connectivity index is 1.84. The predicted octanol–water partition coefficient (Wildman–Crippen LogP) is 3.60. The van der Waals surface area contributed by atoms with Crippen molar-refractivity contribution in [3.63, 3.8) is 0 Å². The molecule has 0 unspecified atom stereocenters. The third-order valence-electron chi connectivity index (χ3n) is 4.64. The van der Waals surface area contributed by atoms with E-state index in [1.165, 1.54) is 22.2 Å². The van der Waals surface area contributed by atoms with Gasteiger partial charge in [-0.2, -0.15) is 0 Å². The van der Waals surface area contributed by atoms with Gasteiger partial charge >= 0.3 is 5.97 Å². The van der Waals surface area contributed by atoms with Crippen LogP contribution in [0.15, 0.2) is 34.2 Å². The van der Waals surface area contributed by atoms with Gasteiger partial charge in [-0.05, 0) is 56.0 Å². The zero-order valence-electron chi connectivity index (χ0n) is 15.7. The molecule has 4 rings (SSSR count). The molecular formula is C20H20N2O4S2. The number of esters is 1. The van der Waals surface area contributed by atoms with Crippen molar-refractivity contribution in [3.05, 3.63) is 45.1 Å². The van der Waals surface area contributed by atoms with Crippen LogP contribution in [0.4, 0.5) is 0 Å². The van der Waals surface area contributed by atoms with E-state index in [9.17, 15) is 9.59 Å². The second kappa shape index (κ2) is 7.97. The van der Waals surface area contributed by atoms with E-state index in [2.05, 4.69) is 0 Å². The van der Waals surface area contributed by atoms with E-state index < -0.39 is 0 Å². The molecule has 0 spiro atoms. The van der Waals surface area contributed by atoms with Gasteiger partial charge in [-0.15, -0.1) is 11.3 Å². The Morgan fingerprint density at radius 3 is 2.79 bits per heavy atom. The van der Waals surface area contributed by atoms with Crippen molar-refractivity contribution in [2.45, 2.75) is 31.3 Å². The Morgan fingerprint density at radius 1 is 1.29 bits per heavy atom. The molecular weight excluding hydrogens is 396 g/mol. The number of carbonyl (C=O) groups is 1. The summed E-state index contributed by atoms with van der Waals surface area (Å²) >= 11 is 2.78. The first-order chi connectivity index (χ1) is 13.6. The minimum atomic E-state index is -0.321. The van der Waals surface area contributed by atoms with Gasteiger partial charge in [-0.1, -0.05) is 11.8 Å². The van der Waals surface area contributed by atoms with E-state index in [1.54, 1.807) is 42.1 Å². The molecule has 1 aliphatic carbocycles. The van der Waals surface area contributed by atoms with Gasteiger partial charge in [-0.25, -0.2) is 4.98 Å². The van der Waals surface area contributed by atoms with Gasteiger partial charge in [0.25, 0.3) is 5.56 Å². The van der Waals surface area contributed by atoms with Crippen LogP contribution in [-0.2, 0) is 22.4 Å². The third-order valence-corrected chi connectivity index (χ3v) is 6.83. The van der Waals surface area contributed by atoms with E-state index >= 15 is 0 Å². The van der Waals surface area contributed by atoms with Crippen LogP contribution in [0.5, 0.6) is 5.75 Å². The van der Waals surface area contributed by atoms with Gasteiger partial charge in [0.2, 0.25) is 0 Å². The summed E-state index contributed by atoms with van der Waals surface area (Å²) < 4.78 is 12.5. The summed E-state index contributed by atoms with van der Waals surface area (Å²) in [5.41, 5.74) is 2.58. The van der Waals surface area contributed by atoms with Gasteiger partial charge in [0.15, 0.2) is 5.16 Å². The lowest BCUT2D eigenvalue weighted by molar-refractivity contribution is -0.139. The Kier molecular flexibility index (Phi) is 5.41. The number of methoxy groups -OCH3 is 1. The van der Waals surface area contributed by atoms with Crippen molar-refractivity contribution in [2.75, 3.05) is 19.5 Å². The van der Waals surface area contributed by atoms with Gasteiger partial charge in [0.05, 0.1) is 30.7 Å². The number of thioether (sulfide) groups is 1. The largest absolute Gasteiger partial charge is 0.497 e. The molecule has 0 saturated heterocycles. The molecule has 1 aliphatic rings. The number of aryl methyl sites for hydroxylation is 2. The van der Waals surface area contributed by atoms with E-state index in [0.29, 0.717) is 27.9 Å². The lowest BCUT2D eigenvalue weighted by atomic mass is 10.2. The number of fused-ring (bicyclic) bond motifs is 3. The molecule has 0 saturated carbocycles. The zero-order valence-corrected chi connectivity index (χ0v) is 17.3. The Labute approximate surface area is 170 Å². The summed E-state index contributed by atoms with van der Waals surface area (Å²) in [7, 11) is 1.60. The minimum Gasteiger partial charge on any atom is -0.497 e. The summed E-state index contributed by atoms with van der Waals surface area (Å²) in [6.45, 7) is 2.10. The maximum absolute atomic E-state index is 13.4. The molecule has 0 aliphatic heterocycles. The molecule has 0 atom stereocenters. The summed E-state index contributed by atoms with van der Waals surface area (Å²) in [6.07, 6.45) is 3.06. The van der Waals surface area contributed by atoms with Crippen LogP contribution < -0.4 is 10.3 Å². The lowest BCUT2D eigenvalue weighted by Crippen LogP contribution is -2.21. The maximum Gasteiger partial charge on any atom is 0.316 e. The SMILES string of the molecule is CCOC(=O)CSc1nc2c3c(sc2c(=O)n1-c1ccc(OC)cc1)CCC3. The standard InChI is InChI=1S/C20H20N2O4S2/c1-3-26-16(23)11-27-20-21-17-14-5-4-6-15(14)28-18(17)19(24)22(20)12-7-9-13(25-2)10-8-12/h7-10H,3-6,11H2,1-2H3. The molecule has 0 fully saturated rings. The maximum atomic E-state index is 13.4. The molecule has 28 heavy (non-hydrogen) atoms. The van der Waals surface area contributed by atoms with E-state index in [4.69, 9.17) is 14.5 Å². The minimum absolute atomic E-state index is 0.0964. The fraction of sp³-hybridized carbons (Fsp3) is 0.350. The van der Waals surface area contributed by atoms with Gasteiger partial charge in [0.1, 0.15) is 10.4 Å². The molecule has 6 nitrogen and oxygen atoms in total. The number of carbonyl (C=O) groups excluding carboxylic acids is 1. The fourth-order valence-corrected chi connectivity index (χ4v) is 5.43. The number of thiophene rings is 1. The summed E-state index contributed by atoms with van der Waals surface area (Å²) in [4.78, 5) is 31.3. The number of rotatable bonds is 6. The topological polar surface area (TPSA) is 70.4 Å². The van der Waals surface area contributed by atoms with Crippen LogP contribution >= 0.6 is 23.1 Å². The molecule has 0 N–H and O–H groups in total. The number of hydrogen-bond acceptors (Lipinski definition) is 7. The Bertz CT molecular complexity index is 1090. The average molecular weight is 417 g/mol. The number of hydrogen-bond donors (Lipinski definition) is 0. The molecule has 2 aromatic heterocycles. The first-order valence-corrected chi connectivity index (χ1v) is 10.9. The van der Waals surface area contributed by atoms with E-state index in [1.807, 2.05) is 12.1 Å². The molecule has 8 heteroatoms. The normalized spacial score (nSPS) is 12.9. The van der Waals surface area contributed by atoms with Crippen molar-refractivity contribution < 1.29 is 14.3 Å². The van der Waals surface area contributed by atoms with Gasteiger partial charge in [0, 0.05) is 4.88 Å². The molecule has 0 radical (unpaired) electrons. The van der Waals surface area contributed by atoms with Crippen molar-refractivity contribution in [1.29, 1.82) is 0 Å². The van der Waals surface area contributed by atoms with Crippen molar-refractivity contribution in [2.24, 2.45) is 0 Å². The van der Waals surface area contributed by atoms with Crippen LogP contribution in [0.3, 0.4) is 0 Å². The average Bonchev–Trinajstić information content (AvgIpc) is 3.29. The Hall–Kier alpha value is -2.32. The zero-order chi connectivity index (χ0) is 19.7. The highest BCUT2D eigenvalue weighted by Gasteiger charge is 2.24. The lowest BCUT2D eigenvalue weighted by Gasteiger charge is -2.12. The van der Waals surface area contributed by atoms with E-state index in [-0.39, 0.29) is 17.3 Å². The van der Waals surface area contributed by atoms with Crippen LogP contribution in [0.25, 0.3) is 15.9 Å². The summed E-state index contributed by atoms with van der Waals surface area (Å²) in [6, 6.07) is 7.26. The molecule has 2 heterocycles. The third kappa shape index (κ3) is 3.42. The summed E-state index contributed by atoms with van der Waals surface area (Å²) in [5.74, 6) is 0.495. The van der Waals surface area contributed by atoms with Crippen molar-refractivity contribution in [1.82, 2.24) is 9.55 Å². The molecule has 1 aromatic carbocycles. The van der Waals surface area contributed by atoms with Crippen molar-refractivity contribution in [3.8, 4) is 11.4 Å². The second-order valence-corrected chi connectivity index (χ2v) is 8.41. The summed E-state index contributed by atoms with van der Waals surface area (Å²) in [5, 5.41) is 0.503. The highest BCUT2D eigenvalue weighted by molar-refractivity contribution is 7.99. The van der Waals surface area contributed by atoms with Gasteiger partial charge in [-0.3, -0.25) is 14.2 Å². The Morgan fingerprint density at radius 2 is 2.07 bits per heavy atom. The molecule has 0 bridgehead atoms. The highest BCUT2D eigenvalue weighted by atomic mass is 32.2. The van der Waals surface area contributed by atoms with Crippen molar-refractivity contribution >= 4 is 39.3 Å². The molecule has 3 aromatic rings. The number of benzene rings is 1. The van der Waals surface area contributed by atoms with Gasteiger partial charge < -0.3 is 9.47 Å². The van der Waals surface area contributed by atoms with Crippen LogP contribution in [0, 0.1) is 0 Å². The molecule has 146 valence electrons. The fourth-order valence-electron chi connectivity index (χ4n) is 3.37. The smallest absolute Gasteiger partial charge is 0.316 e. The molecule has 0 amide bonds. The number of nitrogens with zero attached hydrogens (tertiary/aromatic N) is 2. The first kappa shape index (κ1) is 19.0. The quantitative estimate of drug-likeness (QED) is 0.347. The second-order valence-electron chi connectivity index (χ2n) is 6.36. The van der Waals surface area contributed by atoms with Crippen LogP contribution in [0.2, 0.25) is 0 Å². The monoisotopic (exact) mass is 416 g/mol. The number of aromatic nitrogens is 2. The highest BCUT2D eigenvalue weighted by Crippen LogP contribution is 2.36. The first-order valence-electron chi connectivity index (χ1n) is 9.12. The van der Waals surface area contributed by atoms with Crippen LogP contribution in [-0.4, -0.2) is 35.0 Å². The predicted molar refractivity (Wildman–Crippen MR) is 111 cm³/mol. The van der Waals surface area contributed by atoms with E-state index in [0.717, 1.165) is 24.8 Å². The number of ether oxygens (including phenoxy) is 2. The van der Waals surface area contributed by atoms with Crippen LogP contribution in [0.1, 0.15) is 23.8 Å².